The van der Waals surface area contributed by atoms with Gasteiger partial charge in [-0.3, -0.25) is 4.90 Å². The van der Waals surface area contributed by atoms with Gasteiger partial charge >= 0.3 is 12.1 Å². The Labute approximate surface area is 110 Å². The van der Waals surface area contributed by atoms with Gasteiger partial charge < -0.3 is 9.84 Å². The van der Waals surface area contributed by atoms with E-state index in [4.69, 9.17) is 9.84 Å². The SMILES string of the molecule is C=CCOC(=O)N1CCc2c1ncc(C(=O)O)c2C. The van der Waals surface area contributed by atoms with Gasteiger partial charge in [0.1, 0.15) is 12.4 Å². The van der Waals surface area contributed by atoms with E-state index in [2.05, 4.69) is 11.6 Å². The molecule has 19 heavy (non-hydrogen) atoms. The minimum Gasteiger partial charge on any atom is -0.478 e. The maximum Gasteiger partial charge on any atom is 0.415 e. The summed E-state index contributed by atoms with van der Waals surface area (Å²) in [7, 11) is 0. The molecule has 0 radical (unpaired) electrons. The summed E-state index contributed by atoms with van der Waals surface area (Å²) < 4.78 is 4.96. The molecule has 1 aromatic rings. The van der Waals surface area contributed by atoms with Gasteiger partial charge in [0.2, 0.25) is 0 Å². The van der Waals surface area contributed by atoms with Gasteiger partial charge in [-0.25, -0.2) is 14.6 Å². The summed E-state index contributed by atoms with van der Waals surface area (Å²) in [6.45, 7) is 5.78. The Morgan fingerprint density at radius 2 is 2.37 bits per heavy atom. The monoisotopic (exact) mass is 262 g/mol. The Kier molecular flexibility index (Phi) is 3.50. The quantitative estimate of drug-likeness (QED) is 0.840. The number of carbonyl (C=O) groups is 2. The number of anilines is 1. The van der Waals surface area contributed by atoms with E-state index >= 15 is 0 Å². The van der Waals surface area contributed by atoms with Gasteiger partial charge in [0.25, 0.3) is 0 Å². The molecule has 1 N–H and O–H groups in total. The summed E-state index contributed by atoms with van der Waals surface area (Å²) in [5, 5.41) is 9.03. The molecule has 0 saturated carbocycles. The Morgan fingerprint density at radius 1 is 1.63 bits per heavy atom. The van der Waals surface area contributed by atoms with E-state index in [0.29, 0.717) is 24.3 Å². The molecular weight excluding hydrogens is 248 g/mol. The van der Waals surface area contributed by atoms with Crippen molar-refractivity contribution in [1.82, 2.24) is 4.98 Å². The second-order valence-corrected chi connectivity index (χ2v) is 4.17. The fourth-order valence-electron chi connectivity index (χ4n) is 2.09. The normalized spacial score (nSPS) is 13.0. The topological polar surface area (TPSA) is 79.7 Å². The van der Waals surface area contributed by atoms with Gasteiger partial charge in [0, 0.05) is 18.3 Å². The second kappa shape index (κ2) is 5.09. The predicted octanol–water partition coefficient (Wildman–Crippen LogP) is 1.77. The van der Waals surface area contributed by atoms with E-state index in [0.717, 1.165) is 5.56 Å². The minimum atomic E-state index is -1.01. The highest BCUT2D eigenvalue weighted by atomic mass is 16.6. The van der Waals surface area contributed by atoms with Gasteiger partial charge in [-0.15, -0.1) is 0 Å². The van der Waals surface area contributed by atoms with E-state index in [1.165, 1.54) is 17.2 Å². The second-order valence-electron chi connectivity index (χ2n) is 4.17. The van der Waals surface area contributed by atoms with Crippen LogP contribution in [0.2, 0.25) is 0 Å². The Morgan fingerprint density at radius 3 is 3.00 bits per heavy atom. The van der Waals surface area contributed by atoms with Crippen LogP contribution in [-0.4, -0.2) is 35.3 Å². The summed E-state index contributed by atoms with van der Waals surface area (Å²) in [4.78, 5) is 28.3. The Bertz CT molecular complexity index is 554. The molecular formula is C13H14N2O4. The number of hydrogen-bond donors (Lipinski definition) is 1. The maximum absolute atomic E-state index is 11.8. The number of fused-ring (bicyclic) bond motifs is 1. The van der Waals surface area contributed by atoms with Crippen molar-refractivity contribution in [2.75, 3.05) is 18.1 Å². The number of aromatic carboxylic acids is 1. The van der Waals surface area contributed by atoms with Crippen LogP contribution in [0.4, 0.5) is 10.6 Å². The number of nitrogens with zero attached hydrogens (tertiary/aromatic N) is 2. The van der Waals surface area contributed by atoms with Gasteiger partial charge in [0.15, 0.2) is 0 Å². The van der Waals surface area contributed by atoms with Crippen molar-refractivity contribution < 1.29 is 19.4 Å². The first-order valence-electron chi connectivity index (χ1n) is 5.83. The molecule has 1 amide bonds. The summed E-state index contributed by atoms with van der Waals surface area (Å²) in [6.07, 6.45) is 2.85. The van der Waals surface area contributed by atoms with Crippen molar-refractivity contribution in [2.24, 2.45) is 0 Å². The number of amides is 1. The molecule has 6 nitrogen and oxygen atoms in total. The molecule has 0 saturated heterocycles. The van der Waals surface area contributed by atoms with Gasteiger partial charge in [0.05, 0.1) is 5.56 Å². The van der Waals surface area contributed by atoms with Crippen molar-refractivity contribution in [1.29, 1.82) is 0 Å². The van der Waals surface area contributed by atoms with Gasteiger partial charge in [-0.1, -0.05) is 12.7 Å². The molecule has 1 aliphatic rings. The molecule has 0 aromatic carbocycles. The number of ether oxygens (including phenoxy) is 1. The maximum atomic E-state index is 11.8. The van der Waals surface area contributed by atoms with Crippen LogP contribution in [0.3, 0.4) is 0 Å². The molecule has 0 unspecified atom stereocenters. The summed E-state index contributed by atoms with van der Waals surface area (Å²) in [5.74, 6) is -0.531. The van der Waals surface area contributed by atoms with Crippen LogP contribution in [0.25, 0.3) is 0 Å². The summed E-state index contributed by atoms with van der Waals surface area (Å²) in [5.41, 5.74) is 1.60. The van der Waals surface area contributed by atoms with Crippen LogP contribution in [0.5, 0.6) is 0 Å². The minimum absolute atomic E-state index is 0.136. The van der Waals surface area contributed by atoms with Crippen LogP contribution in [0, 0.1) is 6.92 Å². The lowest BCUT2D eigenvalue weighted by atomic mass is 10.0. The zero-order valence-electron chi connectivity index (χ0n) is 10.5. The average Bonchev–Trinajstić information content (AvgIpc) is 2.80. The molecule has 0 bridgehead atoms. The molecule has 0 spiro atoms. The van der Waals surface area contributed by atoms with Crippen molar-refractivity contribution in [3.05, 3.63) is 35.5 Å². The van der Waals surface area contributed by atoms with E-state index in [1.54, 1.807) is 6.92 Å². The zero-order chi connectivity index (χ0) is 14.0. The Hall–Kier alpha value is -2.37. The lowest BCUT2D eigenvalue weighted by molar-refractivity contribution is 0.0695. The number of carboxylic acids is 1. The van der Waals surface area contributed by atoms with Crippen LogP contribution in [0.1, 0.15) is 21.5 Å². The van der Waals surface area contributed by atoms with Crippen LogP contribution < -0.4 is 4.90 Å². The molecule has 0 atom stereocenters. The fraction of sp³-hybridized carbons (Fsp3) is 0.308. The van der Waals surface area contributed by atoms with Crippen LogP contribution in [-0.2, 0) is 11.2 Å². The van der Waals surface area contributed by atoms with E-state index < -0.39 is 12.1 Å². The molecule has 100 valence electrons. The number of carboxylic acid groups (broad SMARTS) is 1. The van der Waals surface area contributed by atoms with E-state index in [9.17, 15) is 9.59 Å². The van der Waals surface area contributed by atoms with Crippen LogP contribution >= 0.6 is 0 Å². The predicted molar refractivity (Wildman–Crippen MR) is 68.5 cm³/mol. The number of rotatable bonds is 3. The molecule has 2 heterocycles. The van der Waals surface area contributed by atoms with Crippen molar-refractivity contribution in [2.45, 2.75) is 13.3 Å². The smallest absolute Gasteiger partial charge is 0.415 e. The molecule has 1 aromatic heterocycles. The first-order valence-corrected chi connectivity index (χ1v) is 5.83. The van der Waals surface area contributed by atoms with E-state index in [-0.39, 0.29) is 12.2 Å². The zero-order valence-corrected chi connectivity index (χ0v) is 10.5. The lowest BCUT2D eigenvalue weighted by Crippen LogP contribution is -2.30. The lowest BCUT2D eigenvalue weighted by Gasteiger charge is -2.16. The molecule has 1 aliphatic heterocycles. The van der Waals surface area contributed by atoms with Crippen molar-refractivity contribution in [3.8, 4) is 0 Å². The largest absolute Gasteiger partial charge is 0.478 e. The number of pyridine rings is 1. The first-order chi connectivity index (χ1) is 9.06. The third kappa shape index (κ3) is 2.29. The summed E-state index contributed by atoms with van der Waals surface area (Å²) >= 11 is 0. The Balaban J connectivity index is 2.31. The third-order valence-corrected chi connectivity index (χ3v) is 3.06. The molecule has 6 heteroatoms. The van der Waals surface area contributed by atoms with E-state index in [1.807, 2.05) is 0 Å². The summed E-state index contributed by atoms with van der Waals surface area (Å²) in [6, 6.07) is 0. The number of hydrogen-bond acceptors (Lipinski definition) is 4. The highest BCUT2D eigenvalue weighted by Crippen LogP contribution is 2.30. The highest BCUT2D eigenvalue weighted by molar-refractivity contribution is 5.93. The third-order valence-electron chi connectivity index (χ3n) is 3.06. The first kappa shape index (κ1) is 13.1. The van der Waals surface area contributed by atoms with Crippen molar-refractivity contribution >= 4 is 17.9 Å². The fourth-order valence-corrected chi connectivity index (χ4v) is 2.09. The standard InChI is InChI=1S/C13H14N2O4/c1-3-6-19-13(18)15-5-4-9-8(2)10(12(16)17)7-14-11(9)15/h3,7H,1,4-6H2,2H3,(H,16,17). The number of aromatic nitrogens is 1. The van der Waals surface area contributed by atoms with Gasteiger partial charge in [-0.05, 0) is 18.9 Å². The van der Waals surface area contributed by atoms with Crippen LogP contribution in [0.15, 0.2) is 18.9 Å². The molecule has 0 fully saturated rings. The van der Waals surface area contributed by atoms with Crippen molar-refractivity contribution in [3.63, 3.8) is 0 Å². The average molecular weight is 262 g/mol. The van der Waals surface area contributed by atoms with Gasteiger partial charge in [-0.2, -0.15) is 0 Å². The molecule has 0 aliphatic carbocycles. The number of carbonyl (C=O) groups excluding carboxylic acids is 1. The molecule has 2 rings (SSSR count). The highest BCUT2D eigenvalue weighted by Gasteiger charge is 2.30.